The van der Waals surface area contributed by atoms with Gasteiger partial charge in [0.25, 0.3) is 5.91 Å². The van der Waals surface area contributed by atoms with Crippen LogP contribution in [-0.4, -0.2) is 17.9 Å². The fourth-order valence-corrected chi connectivity index (χ4v) is 2.52. The van der Waals surface area contributed by atoms with Crippen LogP contribution in [0.4, 0.5) is 0 Å². The van der Waals surface area contributed by atoms with E-state index < -0.39 is 6.04 Å². The summed E-state index contributed by atoms with van der Waals surface area (Å²) in [5, 5.41) is 6.00. The zero-order valence-electron chi connectivity index (χ0n) is 13.8. The van der Waals surface area contributed by atoms with Crippen molar-refractivity contribution in [2.75, 3.05) is 0 Å². The van der Waals surface area contributed by atoms with E-state index in [1.807, 2.05) is 44.2 Å². The Labute approximate surface area is 147 Å². The van der Waals surface area contributed by atoms with Crippen LogP contribution >= 0.6 is 11.6 Å². The van der Waals surface area contributed by atoms with Crippen LogP contribution in [0.25, 0.3) is 0 Å². The first-order valence-electron chi connectivity index (χ1n) is 7.86. The number of amides is 2. The molecule has 0 fully saturated rings. The Morgan fingerprint density at radius 1 is 1.00 bits per heavy atom. The van der Waals surface area contributed by atoms with E-state index in [9.17, 15) is 9.59 Å². The molecule has 0 spiro atoms. The largest absolute Gasteiger partial charge is 0.350 e. The van der Waals surface area contributed by atoms with Crippen molar-refractivity contribution in [3.63, 3.8) is 0 Å². The van der Waals surface area contributed by atoms with Crippen molar-refractivity contribution in [1.29, 1.82) is 0 Å². The molecule has 0 aliphatic heterocycles. The van der Waals surface area contributed by atoms with E-state index in [-0.39, 0.29) is 17.7 Å². The smallest absolute Gasteiger partial charge is 0.253 e. The molecule has 0 saturated carbocycles. The van der Waals surface area contributed by atoms with Crippen molar-refractivity contribution < 1.29 is 9.59 Å². The molecule has 0 aromatic heterocycles. The van der Waals surface area contributed by atoms with Crippen molar-refractivity contribution in [1.82, 2.24) is 10.6 Å². The van der Waals surface area contributed by atoms with E-state index in [1.54, 1.807) is 24.3 Å². The number of nitrogens with one attached hydrogen (secondary N) is 2. The molecule has 2 N–H and O–H groups in total. The molecule has 2 amide bonds. The van der Waals surface area contributed by atoms with Gasteiger partial charge in [0.05, 0.1) is 10.6 Å². The summed E-state index contributed by atoms with van der Waals surface area (Å²) in [5.41, 5.74) is 1.37. The quantitative estimate of drug-likeness (QED) is 0.843. The Hall–Kier alpha value is -2.33. The normalized spacial score (nSPS) is 11.8. The highest BCUT2D eigenvalue weighted by molar-refractivity contribution is 6.33. The van der Waals surface area contributed by atoms with Gasteiger partial charge in [0.2, 0.25) is 5.91 Å². The lowest BCUT2D eigenvalue weighted by Gasteiger charge is -2.22. The molecular formula is C19H21ClN2O2. The molecule has 5 heteroatoms. The Kier molecular flexibility index (Phi) is 6.38. The number of rotatable bonds is 6. The summed E-state index contributed by atoms with van der Waals surface area (Å²) < 4.78 is 0. The van der Waals surface area contributed by atoms with Crippen LogP contribution in [0.15, 0.2) is 54.6 Å². The Bertz CT molecular complexity index is 702. The van der Waals surface area contributed by atoms with Gasteiger partial charge in [0.1, 0.15) is 6.04 Å². The first-order valence-corrected chi connectivity index (χ1v) is 8.24. The third kappa shape index (κ3) is 4.83. The average Bonchev–Trinajstić information content (AvgIpc) is 2.58. The summed E-state index contributed by atoms with van der Waals surface area (Å²) in [5.74, 6) is -0.615. The van der Waals surface area contributed by atoms with Gasteiger partial charge >= 0.3 is 0 Å². The first-order chi connectivity index (χ1) is 11.5. The number of hydrogen-bond donors (Lipinski definition) is 2. The maximum atomic E-state index is 12.5. The molecule has 0 heterocycles. The minimum Gasteiger partial charge on any atom is -0.350 e. The molecule has 0 bridgehead atoms. The molecule has 0 radical (unpaired) electrons. The van der Waals surface area contributed by atoms with Gasteiger partial charge in [0.15, 0.2) is 0 Å². The van der Waals surface area contributed by atoms with E-state index in [0.29, 0.717) is 17.1 Å². The van der Waals surface area contributed by atoms with E-state index in [1.165, 1.54) is 0 Å². The highest BCUT2D eigenvalue weighted by Crippen LogP contribution is 2.15. The lowest BCUT2D eigenvalue weighted by atomic mass is 10.0. The van der Waals surface area contributed by atoms with Crippen molar-refractivity contribution in [3.8, 4) is 0 Å². The second-order valence-electron chi connectivity index (χ2n) is 5.88. The lowest BCUT2D eigenvalue weighted by Crippen LogP contribution is -2.49. The van der Waals surface area contributed by atoms with Crippen LogP contribution in [0.1, 0.15) is 29.8 Å². The van der Waals surface area contributed by atoms with Gasteiger partial charge < -0.3 is 10.6 Å². The Balaban J connectivity index is 2.02. The number of hydrogen-bond acceptors (Lipinski definition) is 2. The van der Waals surface area contributed by atoms with Crippen molar-refractivity contribution in [3.05, 3.63) is 70.7 Å². The van der Waals surface area contributed by atoms with E-state index >= 15 is 0 Å². The third-order valence-corrected chi connectivity index (χ3v) is 3.99. The van der Waals surface area contributed by atoms with E-state index in [0.717, 1.165) is 5.56 Å². The van der Waals surface area contributed by atoms with E-state index in [4.69, 9.17) is 11.6 Å². The molecule has 2 aromatic carbocycles. The topological polar surface area (TPSA) is 58.2 Å². The molecule has 1 atom stereocenters. The van der Waals surface area contributed by atoms with Crippen molar-refractivity contribution in [2.24, 2.45) is 5.92 Å². The minimum absolute atomic E-state index is 0.0489. The summed E-state index contributed by atoms with van der Waals surface area (Å²) in [4.78, 5) is 24.8. The second kappa shape index (κ2) is 8.50. The van der Waals surface area contributed by atoms with Gasteiger partial charge in [-0.2, -0.15) is 0 Å². The third-order valence-electron chi connectivity index (χ3n) is 3.66. The van der Waals surface area contributed by atoms with Crippen molar-refractivity contribution >= 4 is 23.4 Å². The molecule has 2 rings (SSSR count). The molecule has 0 aliphatic carbocycles. The SMILES string of the molecule is CC(C)C(NC(=O)c1ccccc1Cl)C(=O)NCc1ccccc1. The number of carbonyl (C=O) groups excluding carboxylic acids is 2. The molecule has 126 valence electrons. The van der Waals surface area contributed by atoms with Gasteiger partial charge in [-0.15, -0.1) is 0 Å². The molecule has 4 nitrogen and oxygen atoms in total. The number of carbonyl (C=O) groups is 2. The molecule has 2 aromatic rings. The van der Waals surface area contributed by atoms with Gasteiger partial charge in [-0.1, -0.05) is 67.9 Å². The number of halogens is 1. The van der Waals surface area contributed by atoms with Crippen molar-refractivity contribution in [2.45, 2.75) is 26.4 Å². The fourth-order valence-electron chi connectivity index (χ4n) is 2.29. The molecule has 0 aliphatic rings. The molecular weight excluding hydrogens is 324 g/mol. The summed E-state index contributed by atoms with van der Waals surface area (Å²) in [6.45, 7) is 4.20. The zero-order valence-corrected chi connectivity index (χ0v) is 14.5. The predicted octanol–water partition coefficient (Wildman–Crippen LogP) is 3.41. The van der Waals surface area contributed by atoms with Crippen LogP contribution in [0.2, 0.25) is 5.02 Å². The zero-order chi connectivity index (χ0) is 17.5. The highest BCUT2D eigenvalue weighted by Gasteiger charge is 2.25. The van der Waals surface area contributed by atoms with Gasteiger partial charge in [-0.05, 0) is 23.6 Å². The maximum Gasteiger partial charge on any atom is 0.253 e. The van der Waals surface area contributed by atoms with Crippen LogP contribution in [-0.2, 0) is 11.3 Å². The van der Waals surface area contributed by atoms with Gasteiger partial charge in [0, 0.05) is 6.54 Å². The van der Waals surface area contributed by atoms with Crippen LogP contribution in [0, 0.1) is 5.92 Å². The Morgan fingerprint density at radius 3 is 2.25 bits per heavy atom. The van der Waals surface area contributed by atoms with Gasteiger partial charge in [-0.3, -0.25) is 9.59 Å². The van der Waals surface area contributed by atoms with E-state index in [2.05, 4.69) is 10.6 Å². The molecule has 24 heavy (non-hydrogen) atoms. The number of benzene rings is 2. The highest BCUT2D eigenvalue weighted by atomic mass is 35.5. The monoisotopic (exact) mass is 344 g/mol. The summed E-state index contributed by atoms with van der Waals surface area (Å²) in [6, 6.07) is 15.8. The first kappa shape index (κ1) is 18.0. The fraction of sp³-hybridized carbons (Fsp3) is 0.263. The average molecular weight is 345 g/mol. The van der Waals surface area contributed by atoms with Crippen LogP contribution in [0.5, 0.6) is 0 Å². The summed E-state index contributed by atoms with van der Waals surface area (Å²) in [6.07, 6.45) is 0. The van der Waals surface area contributed by atoms with Crippen LogP contribution < -0.4 is 10.6 Å². The summed E-state index contributed by atoms with van der Waals surface area (Å²) >= 11 is 6.04. The van der Waals surface area contributed by atoms with Crippen LogP contribution in [0.3, 0.4) is 0 Å². The van der Waals surface area contributed by atoms with Gasteiger partial charge in [-0.25, -0.2) is 0 Å². The minimum atomic E-state index is -0.627. The Morgan fingerprint density at radius 2 is 1.62 bits per heavy atom. The predicted molar refractivity (Wildman–Crippen MR) is 95.8 cm³/mol. The maximum absolute atomic E-state index is 12.5. The molecule has 0 saturated heterocycles. The lowest BCUT2D eigenvalue weighted by molar-refractivity contribution is -0.124. The summed E-state index contributed by atoms with van der Waals surface area (Å²) in [7, 11) is 0. The standard InChI is InChI=1S/C19H21ClN2O2/c1-13(2)17(19(24)21-12-14-8-4-3-5-9-14)22-18(23)15-10-6-7-11-16(15)20/h3-11,13,17H,12H2,1-2H3,(H,21,24)(H,22,23). The molecule has 1 unspecified atom stereocenters. The second-order valence-corrected chi connectivity index (χ2v) is 6.29.